The summed E-state index contributed by atoms with van der Waals surface area (Å²) in [6.45, 7) is 1.90. The molecular weight excluding hydrogens is 301 g/mol. The molecule has 106 valence electrons. The second-order valence-corrected chi connectivity index (χ2v) is 6.49. The molecular formula is C14H13ClFNO2S. The highest BCUT2D eigenvalue weighted by molar-refractivity contribution is 7.89. The quantitative estimate of drug-likeness (QED) is 0.941. The van der Waals surface area contributed by atoms with Crippen LogP contribution in [-0.4, -0.2) is 8.42 Å². The van der Waals surface area contributed by atoms with Crippen molar-refractivity contribution in [1.29, 1.82) is 0 Å². The summed E-state index contributed by atoms with van der Waals surface area (Å²) in [5, 5.41) is 0.493. The van der Waals surface area contributed by atoms with Crippen molar-refractivity contribution >= 4 is 21.6 Å². The average molecular weight is 314 g/mol. The van der Waals surface area contributed by atoms with Crippen LogP contribution in [0.3, 0.4) is 0 Å². The third-order valence-corrected chi connectivity index (χ3v) is 4.65. The molecule has 0 unspecified atom stereocenters. The Hall–Kier alpha value is -1.43. The predicted molar refractivity (Wildman–Crippen MR) is 76.6 cm³/mol. The van der Waals surface area contributed by atoms with Crippen LogP contribution in [0.4, 0.5) is 4.39 Å². The normalized spacial score (nSPS) is 11.6. The molecule has 2 rings (SSSR count). The Kier molecular flexibility index (Phi) is 4.42. The highest BCUT2D eigenvalue weighted by Crippen LogP contribution is 2.20. The lowest BCUT2D eigenvalue weighted by Gasteiger charge is -2.10. The third kappa shape index (κ3) is 3.36. The summed E-state index contributed by atoms with van der Waals surface area (Å²) in [7, 11) is -3.76. The summed E-state index contributed by atoms with van der Waals surface area (Å²) in [4.78, 5) is -0.109. The lowest BCUT2D eigenvalue weighted by Crippen LogP contribution is -2.23. The molecule has 0 aliphatic carbocycles. The molecule has 0 aliphatic rings. The molecule has 0 fully saturated rings. The van der Waals surface area contributed by atoms with Crippen molar-refractivity contribution in [2.75, 3.05) is 0 Å². The summed E-state index contributed by atoms with van der Waals surface area (Å²) in [6, 6.07) is 10.2. The zero-order valence-corrected chi connectivity index (χ0v) is 12.3. The van der Waals surface area contributed by atoms with Crippen LogP contribution in [0.25, 0.3) is 0 Å². The average Bonchev–Trinajstić information content (AvgIpc) is 2.38. The molecule has 0 radical (unpaired) electrons. The van der Waals surface area contributed by atoms with Crippen molar-refractivity contribution in [3.05, 3.63) is 64.4 Å². The molecule has 0 saturated heterocycles. The van der Waals surface area contributed by atoms with Crippen molar-refractivity contribution < 1.29 is 12.8 Å². The Morgan fingerprint density at radius 3 is 2.55 bits per heavy atom. The Morgan fingerprint density at radius 1 is 1.20 bits per heavy atom. The van der Waals surface area contributed by atoms with E-state index in [1.54, 1.807) is 12.1 Å². The van der Waals surface area contributed by atoms with Gasteiger partial charge >= 0.3 is 0 Å². The van der Waals surface area contributed by atoms with Gasteiger partial charge in [-0.15, -0.1) is 0 Å². The molecule has 0 saturated carbocycles. The molecule has 0 aromatic heterocycles. The van der Waals surface area contributed by atoms with Crippen LogP contribution in [0, 0.1) is 12.7 Å². The minimum Gasteiger partial charge on any atom is -0.207 e. The van der Waals surface area contributed by atoms with Crippen molar-refractivity contribution in [3.63, 3.8) is 0 Å². The van der Waals surface area contributed by atoms with Gasteiger partial charge in [0.1, 0.15) is 5.82 Å². The Balaban J connectivity index is 2.22. The molecule has 0 heterocycles. The fourth-order valence-electron chi connectivity index (χ4n) is 1.78. The standard InChI is InChI=1S/C14H13ClFNO2S/c1-10-4-2-7-14(15)13(10)9-17-20(18,19)12-6-3-5-11(16)8-12/h2-8,17H,9H2,1H3. The maximum atomic E-state index is 13.1. The van der Waals surface area contributed by atoms with E-state index in [1.807, 2.05) is 13.0 Å². The van der Waals surface area contributed by atoms with Crippen LogP contribution < -0.4 is 4.72 Å². The maximum Gasteiger partial charge on any atom is 0.240 e. The van der Waals surface area contributed by atoms with Crippen molar-refractivity contribution in [1.82, 2.24) is 4.72 Å². The summed E-state index contributed by atoms with van der Waals surface area (Å²) in [6.07, 6.45) is 0. The largest absolute Gasteiger partial charge is 0.240 e. The van der Waals surface area contributed by atoms with Gasteiger partial charge in [0, 0.05) is 11.6 Å². The van der Waals surface area contributed by atoms with E-state index >= 15 is 0 Å². The van der Waals surface area contributed by atoms with Crippen LogP contribution in [0.5, 0.6) is 0 Å². The van der Waals surface area contributed by atoms with Gasteiger partial charge < -0.3 is 0 Å². The molecule has 2 aromatic carbocycles. The first kappa shape index (κ1) is 15.0. The van der Waals surface area contributed by atoms with Gasteiger partial charge in [-0.3, -0.25) is 0 Å². The zero-order chi connectivity index (χ0) is 14.8. The Morgan fingerprint density at radius 2 is 1.90 bits per heavy atom. The molecule has 2 aromatic rings. The number of hydrogen-bond donors (Lipinski definition) is 1. The number of nitrogens with one attached hydrogen (secondary N) is 1. The van der Waals surface area contributed by atoms with Gasteiger partial charge in [0.05, 0.1) is 4.90 Å². The fourth-order valence-corrected chi connectivity index (χ4v) is 3.09. The SMILES string of the molecule is Cc1cccc(Cl)c1CNS(=O)(=O)c1cccc(F)c1. The van der Waals surface area contributed by atoms with Gasteiger partial charge in [0.15, 0.2) is 0 Å². The molecule has 0 atom stereocenters. The van der Waals surface area contributed by atoms with Crippen molar-refractivity contribution in [3.8, 4) is 0 Å². The van der Waals surface area contributed by atoms with Crippen LogP contribution >= 0.6 is 11.6 Å². The third-order valence-electron chi connectivity index (χ3n) is 2.90. The molecule has 20 heavy (non-hydrogen) atoms. The van der Waals surface area contributed by atoms with E-state index in [4.69, 9.17) is 11.6 Å². The van der Waals surface area contributed by atoms with Crippen LogP contribution in [0.15, 0.2) is 47.4 Å². The van der Waals surface area contributed by atoms with E-state index in [9.17, 15) is 12.8 Å². The van der Waals surface area contributed by atoms with Gasteiger partial charge in [0.2, 0.25) is 10.0 Å². The zero-order valence-electron chi connectivity index (χ0n) is 10.7. The van der Waals surface area contributed by atoms with Gasteiger partial charge in [-0.25, -0.2) is 17.5 Å². The summed E-state index contributed by atoms with van der Waals surface area (Å²) >= 11 is 6.03. The summed E-state index contributed by atoms with van der Waals surface area (Å²) < 4.78 is 39.6. The first-order valence-corrected chi connectivity index (χ1v) is 7.75. The van der Waals surface area contributed by atoms with Gasteiger partial charge in [-0.1, -0.05) is 29.8 Å². The number of halogens is 2. The van der Waals surface area contributed by atoms with Crippen molar-refractivity contribution in [2.45, 2.75) is 18.4 Å². The lowest BCUT2D eigenvalue weighted by atomic mass is 10.1. The van der Waals surface area contributed by atoms with Gasteiger partial charge in [-0.05, 0) is 42.3 Å². The number of hydrogen-bond acceptors (Lipinski definition) is 2. The first-order valence-electron chi connectivity index (χ1n) is 5.89. The molecule has 0 spiro atoms. The molecule has 0 bridgehead atoms. The monoisotopic (exact) mass is 313 g/mol. The number of aryl methyl sites for hydroxylation is 1. The minimum atomic E-state index is -3.76. The molecule has 0 aliphatic heterocycles. The minimum absolute atomic E-state index is 0.0599. The van der Waals surface area contributed by atoms with Gasteiger partial charge in [-0.2, -0.15) is 0 Å². The van der Waals surface area contributed by atoms with E-state index in [0.29, 0.717) is 10.6 Å². The Labute approximate surface area is 122 Å². The highest BCUT2D eigenvalue weighted by atomic mass is 35.5. The topological polar surface area (TPSA) is 46.2 Å². The molecule has 3 nitrogen and oxygen atoms in total. The van der Waals surface area contributed by atoms with Crippen molar-refractivity contribution in [2.24, 2.45) is 0 Å². The number of sulfonamides is 1. The van der Waals surface area contributed by atoms with E-state index in [-0.39, 0.29) is 11.4 Å². The fraction of sp³-hybridized carbons (Fsp3) is 0.143. The van der Waals surface area contributed by atoms with E-state index in [2.05, 4.69) is 4.72 Å². The van der Waals surface area contributed by atoms with Crippen LogP contribution in [0.1, 0.15) is 11.1 Å². The molecule has 6 heteroatoms. The maximum absolute atomic E-state index is 13.1. The number of benzene rings is 2. The second-order valence-electron chi connectivity index (χ2n) is 4.32. The van der Waals surface area contributed by atoms with Gasteiger partial charge in [0.25, 0.3) is 0 Å². The first-order chi connectivity index (χ1) is 9.40. The van der Waals surface area contributed by atoms with Crippen LogP contribution in [-0.2, 0) is 16.6 Å². The number of rotatable bonds is 4. The summed E-state index contributed by atoms with van der Waals surface area (Å²) in [5.74, 6) is -0.596. The van der Waals surface area contributed by atoms with E-state index in [1.165, 1.54) is 18.2 Å². The second kappa shape index (κ2) is 5.91. The molecule has 1 N–H and O–H groups in total. The van der Waals surface area contributed by atoms with E-state index < -0.39 is 15.8 Å². The summed E-state index contributed by atoms with van der Waals surface area (Å²) in [5.41, 5.74) is 1.59. The smallest absolute Gasteiger partial charge is 0.207 e. The Bertz CT molecular complexity index is 711. The highest BCUT2D eigenvalue weighted by Gasteiger charge is 2.15. The molecule has 0 amide bonds. The lowest BCUT2D eigenvalue weighted by molar-refractivity contribution is 0.577. The predicted octanol–water partition coefficient (Wildman–Crippen LogP) is 3.27. The van der Waals surface area contributed by atoms with Crippen LogP contribution in [0.2, 0.25) is 5.02 Å². The van der Waals surface area contributed by atoms with E-state index in [0.717, 1.165) is 11.6 Å².